The van der Waals surface area contributed by atoms with E-state index in [1.165, 1.54) is 24.4 Å². The van der Waals surface area contributed by atoms with Gasteiger partial charge in [0, 0.05) is 13.0 Å². The molecular weight excluding hydrogens is 243 g/mol. The summed E-state index contributed by atoms with van der Waals surface area (Å²) in [6.45, 7) is 1.63. The van der Waals surface area contributed by atoms with Crippen LogP contribution in [0.5, 0.6) is 0 Å². The van der Waals surface area contributed by atoms with Crippen molar-refractivity contribution in [1.29, 1.82) is 0 Å². The van der Waals surface area contributed by atoms with Crippen LogP contribution in [0.15, 0.2) is 30.5 Å². The zero-order valence-corrected chi connectivity index (χ0v) is 9.83. The molecule has 0 aliphatic carbocycles. The third kappa shape index (κ3) is 2.03. The SMILES string of the molecule is Cc1c(-c2ccc(N)c(F)c2)c(Cl)cc[n+]1[O-]. The Kier molecular flexibility index (Phi) is 2.90. The van der Waals surface area contributed by atoms with Gasteiger partial charge in [-0.1, -0.05) is 17.7 Å². The number of nitrogens with two attached hydrogens (primary N) is 1. The standard InChI is InChI=1S/C12H10ClFN2O/c1-7-12(9(13)4-5-16(7)17)8-2-3-11(15)10(14)6-8/h2-6H,15H2,1H3. The van der Waals surface area contributed by atoms with E-state index in [1.807, 2.05) is 0 Å². The number of rotatable bonds is 1. The molecule has 0 fully saturated rings. The monoisotopic (exact) mass is 252 g/mol. The highest BCUT2D eigenvalue weighted by atomic mass is 35.5. The summed E-state index contributed by atoms with van der Waals surface area (Å²) in [5, 5.41) is 11.9. The number of nitrogen functional groups attached to an aromatic ring is 1. The third-order valence-corrected chi connectivity index (χ3v) is 2.89. The molecule has 2 rings (SSSR count). The predicted octanol–water partition coefficient (Wildman–Crippen LogP) is 2.67. The first kappa shape index (κ1) is 11.7. The van der Waals surface area contributed by atoms with E-state index in [1.54, 1.807) is 13.0 Å². The number of anilines is 1. The molecule has 0 amide bonds. The van der Waals surface area contributed by atoms with Crippen LogP contribution in [0.1, 0.15) is 5.69 Å². The maximum Gasteiger partial charge on any atom is 0.199 e. The second-order valence-electron chi connectivity index (χ2n) is 3.69. The molecule has 0 aliphatic rings. The van der Waals surface area contributed by atoms with Crippen LogP contribution in [-0.2, 0) is 0 Å². The quantitative estimate of drug-likeness (QED) is 0.482. The lowest BCUT2D eigenvalue weighted by molar-refractivity contribution is -0.611. The van der Waals surface area contributed by atoms with E-state index >= 15 is 0 Å². The van der Waals surface area contributed by atoms with Crippen LogP contribution in [0.4, 0.5) is 10.1 Å². The molecule has 1 heterocycles. The Morgan fingerprint density at radius 1 is 1.35 bits per heavy atom. The molecular formula is C12H10ClFN2O. The van der Waals surface area contributed by atoms with Gasteiger partial charge in [-0.25, -0.2) is 4.39 Å². The molecule has 88 valence electrons. The minimum Gasteiger partial charge on any atom is -0.618 e. The van der Waals surface area contributed by atoms with Crippen LogP contribution < -0.4 is 10.5 Å². The minimum absolute atomic E-state index is 0.0634. The van der Waals surface area contributed by atoms with E-state index in [2.05, 4.69) is 0 Å². The van der Waals surface area contributed by atoms with Gasteiger partial charge in [-0.3, -0.25) is 0 Å². The molecule has 0 radical (unpaired) electrons. The van der Waals surface area contributed by atoms with Gasteiger partial charge < -0.3 is 10.9 Å². The van der Waals surface area contributed by atoms with Crippen LogP contribution in [0.25, 0.3) is 11.1 Å². The molecule has 0 spiro atoms. The molecule has 0 saturated heterocycles. The smallest absolute Gasteiger partial charge is 0.199 e. The number of hydrogen-bond donors (Lipinski definition) is 1. The molecule has 17 heavy (non-hydrogen) atoms. The summed E-state index contributed by atoms with van der Waals surface area (Å²) in [5.74, 6) is -0.528. The fourth-order valence-corrected chi connectivity index (χ4v) is 1.94. The van der Waals surface area contributed by atoms with Crippen molar-refractivity contribution in [2.75, 3.05) is 5.73 Å². The summed E-state index contributed by atoms with van der Waals surface area (Å²) in [4.78, 5) is 0. The van der Waals surface area contributed by atoms with Crippen molar-refractivity contribution in [3.05, 3.63) is 52.2 Å². The number of pyridine rings is 1. The first-order valence-electron chi connectivity index (χ1n) is 4.94. The highest BCUT2D eigenvalue weighted by molar-refractivity contribution is 6.33. The highest BCUT2D eigenvalue weighted by Gasteiger charge is 2.15. The molecule has 0 saturated carbocycles. The molecule has 5 heteroatoms. The fraction of sp³-hybridized carbons (Fsp3) is 0.0833. The Morgan fingerprint density at radius 3 is 2.71 bits per heavy atom. The molecule has 0 unspecified atom stereocenters. The van der Waals surface area contributed by atoms with E-state index in [-0.39, 0.29) is 5.69 Å². The van der Waals surface area contributed by atoms with Gasteiger partial charge >= 0.3 is 0 Å². The van der Waals surface area contributed by atoms with E-state index < -0.39 is 5.82 Å². The average molecular weight is 253 g/mol. The number of benzene rings is 1. The average Bonchev–Trinajstić information content (AvgIpc) is 2.29. The Labute approximate surface area is 103 Å². The third-order valence-electron chi connectivity index (χ3n) is 2.58. The van der Waals surface area contributed by atoms with Gasteiger partial charge in [-0.2, -0.15) is 4.73 Å². The summed E-state index contributed by atoms with van der Waals surface area (Å²) in [6, 6.07) is 5.82. The van der Waals surface area contributed by atoms with E-state index in [9.17, 15) is 9.60 Å². The topological polar surface area (TPSA) is 53.0 Å². The summed E-state index contributed by atoms with van der Waals surface area (Å²) in [7, 11) is 0. The molecule has 3 nitrogen and oxygen atoms in total. The summed E-state index contributed by atoms with van der Waals surface area (Å²) in [6.07, 6.45) is 1.31. The van der Waals surface area contributed by atoms with Crippen LogP contribution in [0.2, 0.25) is 5.02 Å². The fourth-order valence-electron chi connectivity index (χ4n) is 1.64. The maximum absolute atomic E-state index is 13.4. The van der Waals surface area contributed by atoms with Gasteiger partial charge in [-0.15, -0.1) is 0 Å². The van der Waals surface area contributed by atoms with E-state index in [0.29, 0.717) is 26.6 Å². The van der Waals surface area contributed by atoms with E-state index in [0.717, 1.165) is 0 Å². The predicted molar refractivity (Wildman–Crippen MR) is 65.0 cm³/mol. The molecule has 0 bridgehead atoms. The van der Waals surface area contributed by atoms with Crippen molar-refractivity contribution >= 4 is 17.3 Å². The van der Waals surface area contributed by atoms with Crippen molar-refractivity contribution in [2.24, 2.45) is 0 Å². The van der Waals surface area contributed by atoms with Crippen molar-refractivity contribution in [1.82, 2.24) is 0 Å². The molecule has 0 aliphatic heterocycles. The summed E-state index contributed by atoms with van der Waals surface area (Å²) in [5.41, 5.74) is 6.93. The number of aromatic nitrogens is 1. The number of nitrogens with zero attached hydrogens (tertiary/aromatic N) is 1. The van der Waals surface area contributed by atoms with Gasteiger partial charge in [-0.05, 0) is 17.7 Å². The Bertz CT molecular complexity index is 587. The van der Waals surface area contributed by atoms with Gasteiger partial charge in [0.25, 0.3) is 0 Å². The largest absolute Gasteiger partial charge is 0.618 e. The van der Waals surface area contributed by atoms with Gasteiger partial charge in [0.15, 0.2) is 11.9 Å². The van der Waals surface area contributed by atoms with E-state index in [4.69, 9.17) is 17.3 Å². The Hall–Kier alpha value is -1.81. The number of hydrogen-bond acceptors (Lipinski definition) is 2. The normalized spacial score (nSPS) is 10.5. The van der Waals surface area contributed by atoms with Crippen molar-refractivity contribution in [2.45, 2.75) is 6.92 Å². The van der Waals surface area contributed by atoms with Crippen LogP contribution >= 0.6 is 11.6 Å². The van der Waals surface area contributed by atoms with Gasteiger partial charge in [0.2, 0.25) is 0 Å². The Balaban J connectivity index is 2.68. The van der Waals surface area contributed by atoms with Gasteiger partial charge in [0.1, 0.15) is 5.82 Å². The summed E-state index contributed by atoms with van der Waals surface area (Å²) < 4.78 is 14.1. The van der Waals surface area contributed by atoms with Crippen LogP contribution in [-0.4, -0.2) is 0 Å². The van der Waals surface area contributed by atoms with Crippen LogP contribution in [0, 0.1) is 17.9 Å². The van der Waals surface area contributed by atoms with Crippen molar-refractivity contribution in [3.8, 4) is 11.1 Å². The summed E-state index contributed by atoms with van der Waals surface area (Å²) >= 11 is 6.02. The lowest BCUT2D eigenvalue weighted by atomic mass is 10.0. The maximum atomic E-state index is 13.4. The zero-order chi connectivity index (χ0) is 12.6. The first-order valence-corrected chi connectivity index (χ1v) is 5.32. The zero-order valence-electron chi connectivity index (χ0n) is 9.08. The lowest BCUT2D eigenvalue weighted by Crippen LogP contribution is -2.29. The van der Waals surface area contributed by atoms with Crippen molar-refractivity contribution < 1.29 is 9.12 Å². The lowest BCUT2D eigenvalue weighted by Gasteiger charge is -2.09. The van der Waals surface area contributed by atoms with Gasteiger partial charge in [0.05, 0.1) is 16.3 Å². The molecule has 1 aromatic carbocycles. The van der Waals surface area contributed by atoms with Crippen molar-refractivity contribution in [3.63, 3.8) is 0 Å². The first-order chi connectivity index (χ1) is 8.00. The second-order valence-corrected chi connectivity index (χ2v) is 4.09. The molecule has 1 aromatic heterocycles. The second kappa shape index (κ2) is 4.22. The molecule has 2 N–H and O–H groups in total. The van der Waals surface area contributed by atoms with Crippen LogP contribution in [0.3, 0.4) is 0 Å². The molecule has 2 aromatic rings. The minimum atomic E-state index is -0.528. The Morgan fingerprint density at radius 2 is 2.06 bits per heavy atom. The molecule has 0 atom stereocenters. The number of halogens is 2. The highest BCUT2D eigenvalue weighted by Crippen LogP contribution is 2.30.